The standard InChI is InChI=1S/C15H23N3O3/c1-20-8-12-6-17(14(19)9-21-2)7-13-15(12)18(10-16-13)5-11-3-4-11/h10-12H,3-9H2,1-2H3/t12-/m1/s1. The molecule has 6 heteroatoms. The maximum atomic E-state index is 12.1. The van der Waals surface area contributed by atoms with Crippen LogP contribution in [0, 0.1) is 5.92 Å². The van der Waals surface area contributed by atoms with Crippen LogP contribution >= 0.6 is 0 Å². The van der Waals surface area contributed by atoms with Crippen LogP contribution in [0.3, 0.4) is 0 Å². The number of nitrogens with zero attached hydrogens (tertiary/aromatic N) is 3. The van der Waals surface area contributed by atoms with E-state index in [1.807, 2.05) is 11.2 Å². The van der Waals surface area contributed by atoms with E-state index in [2.05, 4.69) is 9.55 Å². The number of fused-ring (bicyclic) bond motifs is 1. The van der Waals surface area contributed by atoms with Crippen LogP contribution in [0.2, 0.25) is 0 Å². The molecule has 1 amide bonds. The second kappa shape index (κ2) is 6.15. The first-order chi connectivity index (χ1) is 10.2. The van der Waals surface area contributed by atoms with Gasteiger partial charge < -0.3 is 18.9 Å². The molecule has 1 saturated carbocycles. The van der Waals surface area contributed by atoms with Crippen molar-refractivity contribution in [2.75, 3.05) is 34.0 Å². The first-order valence-electron chi connectivity index (χ1n) is 7.52. The Hall–Kier alpha value is -1.40. The smallest absolute Gasteiger partial charge is 0.248 e. The van der Waals surface area contributed by atoms with E-state index >= 15 is 0 Å². The molecular weight excluding hydrogens is 270 g/mol. The average Bonchev–Trinajstić information content (AvgIpc) is 3.19. The van der Waals surface area contributed by atoms with Crippen LogP contribution in [0.1, 0.15) is 30.1 Å². The van der Waals surface area contributed by atoms with E-state index in [1.165, 1.54) is 18.5 Å². The number of hydrogen-bond acceptors (Lipinski definition) is 4. The maximum Gasteiger partial charge on any atom is 0.248 e. The highest BCUT2D eigenvalue weighted by Gasteiger charge is 2.33. The number of amides is 1. The summed E-state index contributed by atoms with van der Waals surface area (Å²) in [6, 6.07) is 0. The summed E-state index contributed by atoms with van der Waals surface area (Å²) in [4.78, 5) is 18.4. The summed E-state index contributed by atoms with van der Waals surface area (Å²) in [6.45, 7) is 3.04. The molecule has 6 nitrogen and oxygen atoms in total. The molecule has 1 aromatic rings. The van der Waals surface area contributed by atoms with Crippen molar-refractivity contribution in [3.05, 3.63) is 17.7 Å². The van der Waals surface area contributed by atoms with E-state index in [1.54, 1.807) is 14.2 Å². The minimum Gasteiger partial charge on any atom is -0.384 e. The predicted octanol–water partition coefficient (Wildman–Crippen LogP) is 1.01. The molecule has 2 aliphatic rings. The van der Waals surface area contributed by atoms with Crippen LogP contribution in [0.4, 0.5) is 0 Å². The highest BCUT2D eigenvalue weighted by atomic mass is 16.5. The maximum absolute atomic E-state index is 12.1. The average molecular weight is 293 g/mol. The molecular formula is C15H23N3O3. The van der Waals surface area contributed by atoms with Gasteiger partial charge in [-0.05, 0) is 18.8 Å². The molecule has 0 unspecified atom stereocenters. The van der Waals surface area contributed by atoms with Crippen molar-refractivity contribution < 1.29 is 14.3 Å². The van der Waals surface area contributed by atoms with Gasteiger partial charge >= 0.3 is 0 Å². The second-order valence-electron chi connectivity index (χ2n) is 6.03. The van der Waals surface area contributed by atoms with Crippen LogP contribution in [0.5, 0.6) is 0 Å². The van der Waals surface area contributed by atoms with E-state index in [0.717, 1.165) is 18.2 Å². The van der Waals surface area contributed by atoms with Crippen LogP contribution in [-0.2, 0) is 27.4 Å². The Kier molecular flexibility index (Phi) is 4.26. The third-order valence-electron chi connectivity index (χ3n) is 4.27. The number of rotatable bonds is 6. The molecule has 0 bridgehead atoms. The number of carbonyl (C=O) groups excluding carboxylic acids is 1. The zero-order valence-corrected chi connectivity index (χ0v) is 12.7. The Morgan fingerprint density at radius 3 is 2.86 bits per heavy atom. The Bertz CT molecular complexity index is 510. The van der Waals surface area contributed by atoms with Gasteiger partial charge in [-0.1, -0.05) is 0 Å². The normalized spacial score (nSPS) is 21.4. The monoisotopic (exact) mass is 293 g/mol. The Balaban J connectivity index is 1.81. The van der Waals surface area contributed by atoms with Gasteiger partial charge in [-0.25, -0.2) is 4.98 Å². The molecule has 1 atom stereocenters. The largest absolute Gasteiger partial charge is 0.384 e. The number of imidazole rings is 1. The van der Waals surface area contributed by atoms with Gasteiger partial charge in [0.2, 0.25) is 5.91 Å². The summed E-state index contributed by atoms with van der Waals surface area (Å²) < 4.78 is 12.6. The lowest BCUT2D eigenvalue weighted by Crippen LogP contribution is -2.41. The summed E-state index contributed by atoms with van der Waals surface area (Å²) in [6.07, 6.45) is 4.57. The van der Waals surface area contributed by atoms with Crippen LogP contribution in [0.25, 0.3) is 0 Å². The third kappa shape index (κ3) is 3.11. The van der Waals surface area contributed by atoms with Crippen LogP contribution in [0.15, 0.2) is 6.33 Å². The van der Waals surface area contributed by atoms with E-state index in [0.29, 0.717) is 19.7 Å². The van der Waals surface area contributed by atoms with Gasteiger partial charge in [-0.15, -0.1) is 0 Å². The van der Waals surface area contributed by atoms with Crippen molar-refractivity contribution in [1.29, 1.82) is 0 Å². The summed E-state index contributed by atoms with van der Waals surface area (Å²) in [7, 11) is 3.25. The lowest BCUT2D eigenvalue weighted by Gasteiger charge is -2.33. The van der Waals surface area contributed by atoms with Crippen LogP contribution in [-0.4, -0.2) is 54.3 Å². The van der Waals surface area contributed by atoms with Gasteiger partial charge in [0.15, 0.2) is 0 Å². The second-order valence-corrected chi connectivity index (χ2v) is 6.03. The summed E-state index contributed by atoms with van der Waals surface area (Å²) in [5.41, 5.74) is 2.26. The fourth-order valence-electron chi connectivity index (χ4n) is 3.08. The molecule has 1 fully saturated rings. The van der Waals surface area contributed by atoms with Gasteiger partial charge in [-0.3, -0.25) is 4.79 Å². The Labute approximate surface area is 125 Å². The summed E-state index contributed by atoms with van der Waals surface area (Å²) in [5.74, 6) is 1.02. The molecule has 0 aromatic carbocycles. The topological polar surface area (TPSA) is 56.6 Å². The molecule has 0 N–H and O–H groups in total. The lowest BCUT2D eigenvalue weighted by molar-refractivity contribution is -0.136. The molecule has 0 spiro atoms. The van der Waals surface area contributed by atoms with Gasteiger partial charge in [0, 0.05) is 38.9 Å². The summed E-state index contributed by atoms with van der Waals surface area (Å²) >= 11 is 0. The minimum atomic E-state index is 0.0148. The number of ether oxygens (including phenoxy) is 2. The highest BCUT2D eigenvalue weighted by molar-refractivity contribution is 5.77. The van der Waals surface area contributed by atoms with Crippen LogP contribution < -0.4 is 0 Å². The van der Waals surface area contributed by atoms with E-state index in [-0.39, 0.29) is 18.4 Å². The number of aromatic nitrogens is 2. The molecule has 3 rings (SSSR count). The molecule has 116 valence electrons. The third-order valence-corrected chi connectivity index (χ3v) is 4.27. The van der Waals surface area contributed by atoms with Crippen molar-refractivity contribution in [1.82, 2.24) is 14.5 Å². The minimum absolute atomic E-state index is 0.0148. The summed E-state index contributed by atoms with van der Waals surface area (Å²) in [5, 5.41) is 0. The number of carbonyl (C=O) groups is 1. The quantitative estimate of drug-likeness (QED) is 0.785. The van der Waals surface area contributed by atoms with Gasteiger partial charge in [0.05, 0.1) is 25.2 Å². The Morgan fingerprint density at radius 1 is 1.38 bits per heavy atom. The first kappa shape index (κ1) is 14.5. The zero-order valence-electron chi connectivity index (χ0n) is 12.7. The number of hydrogen-bond donors (Lipinski definition) is 0. The lowest BCUT2D eigenvalue weighted by atomic mass is 9.98. The molecule has 0 radical (unpaired) electrons. The van der Waals surface area contributed by atoms with Crippen molar-refractivity contribution in [2.45, 2.75) is 31.8 Å². The van der Waals surface area contributed by atoms with Gasteiger partial charge in [-0.2, -0.15) is 0 Å². The molecule has 21 heavy (non-hydrogen) atoms. The number of methoxy groups -OCH3 is 2. The van der Waals surface area contributed by atoms with E-state index in [9.17, 15) is 4.79 Å². The molecule has 0 saturated heterocycles. The van der Waals surface area contributed by atoms with Crippen molar-refractivity contribution in [2.24, 2.45) is 5.92 Å². The van der Waals surface area contributed by atoms with E-state index in [4.69, 9.17) is 9.47 Å². The molecule has 1 aliphatic heterocycles. The Morgan fingerprint density at radius 2 is 2.19 bits per heavy atom. The highest BCUT2D eigenvalue weighted by Crippen LogP contribution is 2.34. The van der Waals surface area contributed by atoms with Crippen molar-refractivity contribution >= 4 is 5.91 Å². The van der Waals surface area contributed by atoms with Crippen molar-refractivity contribution in [3.63, 3.8) is 0 Å². The first-order valence-corrected chi connectivity index (χ1v) is 7.52. The van der Waals surface area contributed by atoms with Gasteiger partial charge in [0.25, 0.3) is 0 Å². The fraction of sp³-hybridized carbons (Fsp3) is 0.733. The van der Waals surface area contributed by atoms with Gasteiger partial charge in [0.1, 0.15) is 6.61 Å². The SMILES string of the molecule is COCC(=O)N1Cc2ncn(CC3CC3)c2[C@@H](COC)C1. The fourth-order valence-corrected chi connectivity index (χ4v) is 3.08. The molecule has 2 heterocycles. The predicted molar refractivity (Wildman–Crippen MR) is 76.9 cm³/mol. The molecule has 1 aliphatic carbocycles. The zero-order chi connectivity index (χ0) is 14.8. The van der Waals surface area contributed by atoms with E-state index < -0.39 is 0 Å². The molecule has 1 aromatic heterocycles. The van der Waals surface area contributed by atoms with Crippen molar-refractivity contribution in [3.8, 4) is 0 Å².